The van der Waals surface area contributed by atoms with Crippen LogP contribution in [0.2, 0.25) is 0 Å². The number of thiophene rings is 1. The molecule has 104 valence electrons. The molecule has 0 unspecified atom stereocenters. The van der Waals surface area contributed by atoms with E-state index in [9.17, 15) is 9.59 Å². The van der Waals surface area contributed by atoms with E-state index in [-0.39, 0.29) is 11.8 Å². The molecule has 4 nitrogen and oxygen atoms in total. The summed E-state index contributed by atoms with van der Waals surface area (Å²) in [7, 11) is 1.89. The molecule has 0 aromatic carbocycles. The van der Waals surface area contributed by atoms with Gasteiger partial charge in [-0.15, -0.1) is 11.3 Å². The van der Waals surface area contributed by atoms with Crippen LogP contribution in [-0.4, -0.2) is 29.8 Å². The Kier molecular flexibility index (Phi) is 4.58. The zero-order valence-corrected chi connectivity index (χ0v) is 12.3. The average Bonchev–Trinajstić information content (AvgIpc) is 2.85. The summed E-state index contributed by atoms with van der Waals surface area (Å²) >= 11 is 1.34. The first-order valence-corrected chi connectivity index (χ1v) is 7.54. The molecule has 0 saturated heterocycles. The molecule has 1 aromatic rings. The minimum Gasteiger partial charge on any atom is -0.338 e. The number of carbonyl (C=O) groups excluding carboxylic acids is 2. The Bertz CT molecular complexity index is 464. The Hall–Kier alpha value is -1.36. The number of rotatable bonds is 3. The van der Waals surface area contributed by atoms with Gasteiger partial charge in [-0.25, -0.2) is 0 Å². The maximum Gasteiger partial charge on any atom is 0.263 e. The van der Waals surface area contributed by atoms with Gasteiger partial charge in [0.25, 0.3) is 5.91 Å². The molecular formula is C14H20N2O2S. The maximum absolute atomic E-state index is 12.4. The van der Waals surface area contributed by atoms with E-state index in [1.807, 2.05) is 11.9 Å². The smallest absolute Gasteiger partial charge is 0.263 e. The lowest BCUT2D eigenvalue weighted by Gasteiger charge is -2.30. The summed E-state index contributed by atoms with van der Waals surface area (Å²) in [5, 5.41) is 3.44. The molecule has 1 saturated carbocycles. The third-order valence-electron chi connectivity index (χ3n) is 3.56. The summed E-state index contributed by atoms with van der Waals surface area (Å²) in [6.07, 6.45) is 5.91. The van der Waals surface area contributed by atoms with E-state index in [0.717, 1.165) is 17.8 Å². The van der Waals surface area contributed by atoms with Crippen molar-refractivity contribution >= 4 is 28.2 Å². The van der Waals surface area contributed by atoms with Gasteiger partial charge in [0.05, 0.1) is 9.88 Å². The zero-order valence-electron chi connectivity index (χ0n) is 11.4. The van der Waals surface area contributed by atoms with E-state index in [4.69, 9.17) is 0 Å². The van der Waals surface area contributed by atoms with Crippen LogP contribution in [0.3, 0.4) is 0 Å². The molecule has 1 heterocycles. The fourth-order valence-electron chi connectivity index (χ4n) is 2.50. The summed E-state index contributed by atoms with van der Waals surface area (Å²) in [6, 6.07) is 3.94. The van der Waals surface area contributed by atoms with Gasteiger partial charge in [0.15, 0.2) is 0 Å². The molecule has 2 amide bonds. The lowest BCUT2D eigenvalue weighted by atomic mass is 9.94. The zero-order chi connectivity index (χ0) is 13.8. The Labute approximate surface area is 117 Å². The lowest BCUT2D eigenvalue weighted by molar-refractivity contribution is -0.114. The minimum atomic E-state index is -0.110. The van der Waals surface area contributed by atoms with E-state index in [1.165, 1.54) is 37.5 Å². The Morgan fingerprint density at radius 1 is 1.26 bits per heavy atom. The predicted molar refractivity (Wildman–Crippen MR) is 77.6 cm³/mol. The average molecular weight is 280 g/mol. The first-order valence-electron chi connectivity index (χ1n) is 6.72. The topological polar surface area (TPSA) is 49.4 Å². The SMILES string of the molecule is CC(=O)Nc1ccc(C(=O)N(C)C2CCCCC2)s1. The van der Waals surface area contributed by atoms with Crippen molar-refractivity contribution in [1.29, 1.82) is 0 Å². The monoisotopic (exact) mass is 280 g/mol. The summed E-state index contributed by atoms with van der Waals surface area (Å²) in [5.74, 6) is -0.0463. The van der Waals surface area contributed by atoms with E-state index in [0.29, 0.717) is 10.9 Å². The largest absolute Gasteiger partial charge is 0.338 e. The number of amides is 2. The number of carbonyl (C=O) groups is 2. The van der Waals surface area contributed by atoms with Gasteiger partial charge in [-0.05, 0) is 25.0 Å². The molecule has 0 aliphatic heterocycles. The molecule has 2 rings (SSSR count). The number of anilines is 1. The second-order valence-electron chi connectivity index (χ2n) is 5.05. The highest BCUT2D eigenvalue weighted by Crippen LogP contribution is 2.26. The fraction of sp³-hybridized carbons (Fsp3) is 0.571. The number of hydrogen-bond acceptors (Lipinski definition) is 3. The predicted octanol–water partition coefficient (Wildman–Crippen LogP) is 3.11. The summed E-state index contributed by atoms with van der Waals surface area (Å²) in [5.41, 5.74) is 0. The third-order valence-corrected chi connectivity index (χ3v) is 4.55. The molecule has 1 N–H and O–H groups in total. The normalized spacial score (nSPS) is 16.1. The Balaban J connectivity index is 2.01. The van der Waals surface area contributed by atoms with Gasteiger partial charge >= 0.3 is 0 Å². The standard InChI is InChI=1S/C14H20N2O2S/c1-10(17)15-13-9-8-12(19-13)14(18)16(2)11-6-4-3-5-7-11/h8-9,11H,3-7H2,1-2H3,(H,15,17). The molecular weight excluding hydrogens is 260 g/mol. The van der Waals surface area contributed by atoms with Crippen LogP contribution >= 0.6 is 11.3 Å². The van der Waals surface area contributed by atoms with E-state index in [2.05, 4.69) is 5.32 Å². The van der Waals surface area contributed by atoms with Crippen molar-refractivity contribution in [3.63, 3.8) is 0 Å². The molecule has 0 atom stereocenters. The summed E-state index contributed by atoms with van der Waals surface area (Å²) in [6.45, 7) is 1.47. The molecule has 1 aliphatic rings. The fourth-order valence-corrected chi connectivity index (χ4v) is 3.44. The van der Waals surface area contributed by atoms with E-state index in [1.54, 1.807) is 12.1 Å². The highest BCUT2D eigenvalue weighted by molar-refractivity contribution is 7.18. The second-order valence-corrected chi connectivity index (χ2v) is 6.14. The number of hydrogen-bond donors (Lipinski definition) is 1. The van der Waals surface area contributed by atoms with Crippen LogP contribution in [0.4, 0.5) is 5.00 Å². The molecule has 0 spiro atoms. The first kappa shape index (κ1) is 14.1. The van der Waals surface area contributed by atoms with Gasteiger partial charge in [0, 0.05) is 20.0 Å². The molecule has 1 aromatic heterocycles. The third kappa shape index (κ3) is 3.56. The second kappa shape index (κ2) is 6.19. The van der Waals surface area contributed by atoms with Gasteiger partial charge in [-0.1, -0.05) is 19.3 Å². The molecule has 5 heteroatoms. The van der Waals surface area contributed by atoms with Gasteiger partial charge < -0.3 is 10.2 Å². The first-order chi connectivity index (χ1) is 9.08. The highest BCUT2D eigenvalue weighted by Gasteiger charge is 2.23. The summed E-state index contributed by atoms with van der Waals surface area (Å²) < 4.78 is 0. The van der Waals surface area contributed by atoms with Crippen LogP contribution in [0.15, 0.2) is 12.1 Å². The van der Waals surface area contributed by atoms with E-state index < -0.39 is 0 Å². The number of nitrogens with one attached hydrogen (secondary N) is 1. The number of nitrogens with zero attached hydrogens (tertiary/aromatic N) is 1. The van der Waals surface area contributed by atoms with Crippen molar-refractivity contribution in [2.24, 2.45) is 0 Å². The quantitative estimate of drug-likeness (QED) is 0.925. The van der Waals surface area contributed by atoms with Crippen LogP contribution < -0.4 is 5.32 Å². The van der Waals surface area contributed by atoms with Crippen molar-refractivity contribution in [2.45, 2.75) is 45.1 Å². The van der Waals surface area contributed by atoms with Crippen molar-refractivity contribution < 1.29 is 9.59 Å². The van der Waals surface area contributed by atoms with Crippen LogP contribution in [0.1, 0.15) is 48.7 Å². The van der Waals surface area contributed by atoms with Crippen LogP contribution in [0.25, 0.3) is 0 Å². The summed E-state index contributed by atoms with van der Waals surface area (Å²) in [4.78, 5) is 25.9. The highest BCUT2D eigenvalue weighted by atomic mass is 32.1. The van der Waals surface area contributed by atoms with Gasteiger partial charge in [0.2, 0.25) is 5.91 Å². The molecule has 1 fully saturated rings. The van der Waals surface area contributed by atoms with Gasteiger partial charge in [-0.3, -0.25) is 9.59 Å². The van der Waals surface area contributed by atoms with Crippen molar-refractivity contribution in [3.8, 4) is 0 Å². The maximum atomic E-state index is 12.4. The molecule has 1 aliphatic carbocycles. The van der Waals surface area contributed by atoms with E-state index >= 15 is 0 Å². The molecule has 0 radical (unpaired) electrons. The Morgan fingerprint density at radius 2 is 1.95 bits per heavy atom. The van der Waals surface area contributed by atoms with Gasteiger partial charge in [-0.2, -0.15) is 0 Å². The minimum absolute atomic E-state index is 0.0634. The Morgan fingerprint density at radius 3 is 2.58 bits per heavy atom. The van der Waals surface area contributed by atoms with Crippen LogP contribution in [0.5, 0.6) is 0 Å². The van der Waals surface area contributed by atoms with Crippen molar-refractivity contribution in [3.05, 3.63) is 17.0 Å². The van der Waals surface area contributed by atoms with Crippen molar-refractivity contribution in [2.75, 3.05) is 12.4 Å². The molecule has 0 bridgehead atoms. The van der Waals surface area contributed by atoms with Crippen molar-refractivity contribution in [1.82, 2.24) is 4.90 Å². The molecule has 19 heavy (non-hydrogen) atoms. The van der Waals surface area contributed by atoms with Crippen LogP contribution in [0, 0.1) is 0 Å². The lowest BCUT2D eigenvalue weighted by Crippen LogP contribution is -2.37. The van der Waals surface area contributed by atoms with Gasteiger partial charge in [0.1, 0.15) is 0 Å². The van der Waals surface area contributed by atoms with Crippen LogP contribution in [-0.2, 0) is 4.79 Å².